The monoisotopic (exact) mass is 321 g/mol. The molecule has 0 aromatic carbocycles. The topological polar surface area (TPSA) is 84.7 Å². The lowest BCUT2D eigenvalue weighted by molar-refractivity contribution is -0.157. The summed E-state index contributed by atoms with van der Waals surface area (Å²) in [5, 5.41) is 14.0. The zero-order valence-corrected chi connectivity index (χ0v) is 13.8. The van der Waals surface area contributed by atoms with Gasteiger partial charge in [-0.3, -0.25) is 14.3 Å². The van der Waals surface area contributed by atoms with Crippen molar-refractivity contribution in [2.75, 3.05) is 26.3 Å². The quantitative estimate of drug-likeness (QED) is 0.878. The van der Waals surface area contributed by atoms with Crippen molar-refractivity contribution in [1.29, 1.82) is 0 Å². The molecule has 2 fully saturated rings. The van der Waals surface area contributed by atoms with E-state index in [0.717, 1.165) is 17.0 Å². The van der Waals surface area contributed by atoms with Crippen molar-refractivity contribution in [3.63, 3.8) is 0 Å². The molecule has 1 amide bonds. The van der Waals surface area contributed by atoms with Crippen LogP contribution in [0.5, 0.6) is 0 Å². The summed E-state index contributed by atoms with van der Waals surface area (Å²) in [7, 11) is 1.86. The fraction of sp³-hybridized carbons (Fsp3) is 0.688. The van der Waals surface area contributed by atoms with E-state index in [1.54, 1.807) is 9.58 Å². The Morgan fingerprint density at radius 2 is 2.17 bits per heavy atom. The Morgan fingerprint density at radius 3 is 2.74 bits per heavy atom. The molecular formula is C16H23N3O4. The van der Waals surface area contributed by atoms with Gasteiger partial charge in [0.15, 0.2) is 0 Å². The molecule has 3 heterocycles. The number of hydrogen-bond acceptors (Lipinski definition) is 4. The first-order valence-electron chi connectivity index (χ1n) is 7.93. The van der Waals surface area contributed by atoms with E-state index >= 15 is 0 Å². The predicted molar refractivity (Wildman–Crippen MR) is 82.0 cm³/mol. The van der Waals surface area contributed by atoms with Gasteiger partial charge < -0.3 is 14.7 Å². The van der Waals surface area contributed by atoms with Gasteiger partial charge in [0, 0.05) is 43.9 Å². The average Bonchev–Trinajstić information content (AvgIpc) is 3.01. The molecule has 1 N–H and O–H groups in total. The maximum Gasteiger partial charge on any atom is 0.311 e. The number of carboxylic acids is 1. The lowest BCUT2D eigenvalue weighted by atomic mass is 9.74. The Balaban J connectivity index is 1.78. The second kappa shape index (κ2) is 5.63. The summed E-state index contributed by atoms with van der Waals surface area (Å²) in [5.41, 5.74) is 1.93. The van der Waals surface area contributed by atoms with E-state index in [-0.39, 0.29) is 24.8 Å². The Kier molecular flexibility index (Phi) is 3.91. The number of hydrogen-bond donors (Lipinski definition) is 1. The maximum atomic E-state index is 12.7. The van der Waals surface area contributed by atoms with Crippen molar-refractivity contribution in [3.05, 3.63) is 17.0 Å². The van der Waals surface area contributed by atoms with Gasteiger partial charge in [-0.25, -0.2) is 0 Å². The number of amides is 1. The molecule has 3 rings (SSSR count). The number of rotatable bonds is 3. The molecule has 1 aromatic rings. The molecule has 23 heavy (non-hydrogen) atoms. The van der Waals surface area contributed by atoms with E-state index in [1.165, 1.54) is 0 Å². The zero-order chi connectivity index (χ0) is 16.8. The Labute approximate surface area is 135 Å². The van der Waals surface area contributed by atoms with Crippen LogP contribution in [0.2, 0.25) is 0 Å². The van der Waals surface area contributed by atoms with Crippen molar-refractivity contribution in [2.45, 2.75) is 26.7 Å². The highest BCUT2D eigenvalue weighted by atomic mass is 16.5. The molecule has 7 nitrogen and oxygen atoms in total. The van der Waals surface area contributed by atoms with Crippen LogP contribution < -0.4 is 0 Å². The summed E-state index contributed by atoms with van der Waals surface area (Å²) in [6.07, 6.45) is 0.747. The van der Waals surface area contributed by atoms with Crippen LogP contribution in [0.4, 0.5) is 0 Å². The van der Waals surface area contributed by atoms with Crippen molar-refractivity contribution < 1.29 is 19.4 Å². The SMILES string of the molecule is Cc1nn(C)c(C)c1CC(=O)N1C[C@H]2COCC[C@@]2(C(=O)O)C1. The number of carbonyl (C=O) groups is 2. The smallest absolute Gasteiger partial charge is 0.311 e. The zero-order valence-electron chi connectivity index (χ0n) is 13.8. The molecule has 0 saturated carbocycles. The second-order valence-electron chi connectivity index (χ2n) is 6.71. The molecule has 2 saturated heterocycles. The third kappa shape index (κ3) is 2.52. The fourth-order valence-corrected chi connectivity index (χ4v) is 3.83. The van der Waals surface area contributed by atoms with Crippen LogP contribution in [-0.4, -0.2) is 58.0 Å². The molecule has 0 spiro atoms. The van der Waals surface area contributed by atoms with Crippen LogP contribution >= 0.6 is 0 Å². The molecule has 1 aromatic heterocycles. The van der Waals surface area contributed by atoms with E-state index in [9.17, 15) is 14.7 Å². The maximum absolute atomic E-state index is 12.7. The average molecular weight is 321 g/mol. The molecule has 2 aliphatic rings. The van der Waals surface area contributed by atoms with Gasteiger partial charge in [0.25, 0.3) is 0 Å². The fourth-order valence-electron chi connectivity index (χ4n) is 3.83. The van der Waals surface area contributed by atoms with Gasteiger partial charge in [0.2, 0.25) is 5.91 Å². The van der Waals surface area contributed by atoms with E-state index in [2.05, 4.69) is 5.10 Å². The number of fused-ring (bicyclic) bond motifs is 1. The number of aliphatic carboxylic acids is 1. The van der Waals surface area contributed by atoms with E-state index in [4.69, 9.17) is 4.74 Å². The summed E-state index contributed by atoms with van der Waals surface area (Å²) in [6.45, 7) is 5.45. The van der Waals surface area contributed by atoms with Crippen molar-refractivity contribution in [3.8, 4) is 0 Å². The number of aromatic nitrogens is 2. The molecule has 0 bridgehead atoms. The first kappa shape index (κ1) is 16.0. The third-order valence-electron chi connectivity index (χ3n) is 5.47. The molecule has 0 aliphatic carbocycles. The molecule has 7 heteroatoms. The van der Waals surface area contributed by atoms with Gasteiger partial charge >= 0.3 is 5.97 Å². The van der Waals surface area contributed by atoms with Gasteiger partial charge in [-0.2, -0.15) is 5.10 Å². The Morgan fingerprint density at radius 1 is 1.43 bits per heavy atom. The third-order valence-corrected chi connectivity index (χ3v) is 5.47. The van der Waals surface area contributed by atoms with Crippen molar-refractivity contribution >= 4 is 11.9 Å². The normalized spacial score (nSPS) is 27.1. The molecule has 2 atom stereocenters. The molecule has 126 valence electrons. The lowest BCUT2D eigenvalue weighted by Gasteiger charge is -2.33. The van der Waals surface area contributed by atoms with E-state index in [1.807, 2.05) is 20.9 Å². The van der Waals surface area contributed by atoms with Gasteiger partial charge in [-0.05, 0) is 20.3 Å². The van der Waals surface area contributed by atoms with Gasteiger partial charge in [0.1, 0.15) is 0 Å². The minimum atomic E-state index is -0.840. The lowest BCUT2D eigenvalue weighted by Crippen LogP contribution is -2.45. The molecule has 0 unspecified atom stereocenters. The first-order chi connectivity index (χ1) is 10.8. The summed E-state index contributed by atoms with van der Waals surface area (Å²) >= 11 is 0. The second-order valence-corrected chi connectivity index (χ2v) is 6.71. The van der Waals surface area contributed by atoms with Crippen LogP contribution in [0.15, 0.2) is 0 Å². The molecule has 2 aliphatic heterocycles. The van der Waals surface area contributed by atoms with Crippen LogP contribution in [0.25, 0.3) is 0 Å². The highest BCUT2D eigenvalue weighted by Crippen LogP contribution is 2.42. The minimum absolute atomic E-state index is 0.0285. The van der Waals surface area contributed by atoms with Crippen LogP contribution in [0.1, 0.15) is 23.4 Å². The highest BCUT2D eigenvalue weighted by molar-refractivity contribution is 5.83. The van der Waals surface area contributed by atoms with Crippen molar-refractivity contribution in [1.82, 2.24) is 14.7 Å². The van der Waals surface area contributed by atoms with Crippen LogP contribution in [0, 0.1) is 25.2 Å². The Hall–Kier alpha value is -1.89. The van der Waals surface area contributed by atoms with E-state index < -0.39 is 11.4 Å². The number of carboxylic acid groups (broad SMARTS) is 1. The molecule has 0 radical (unpaired) electrons. The van der Waals surface area contributed by atoms with Gasteiger partial charge in [0.05, 0.1) is 24.1 Å². The van der Waals surface area contributed by atoms with Gasteiger partial charge in [-0.1, -0.05) is 0 Å². The van der Waals surface area contributed by atoms with Crippen LogP contribution in [-0.2, 0) is 27.8 Å². The van der Waals surface area contributed by atoms with Crippen molar-refractivity contribution in [2.24, 2.45) is 18.4 Å². The van der Waals surface area contributed by atoms with Crippen LogP contribution in [0.3, 0.4) is 0 Å². The number of ether oxygens (including phenoxy) is 1. The minimum Gasteiger partial charge on any atom is -0.481 e. The standard InChI is InChI=1S/C16H23N3O4/c1-10-13(11(2)18(3)17-10)6-14(20)19-7-12-8-23-5-4-16(12,9-19)15(21)22/h12H,4-9H2,1-3H3,(H,21,22)/t12-,16+/m0/s1. The molecular weight excluding hydrogens is 298 g/mol. The number of likely N-dealkylation sites (tertiary alicyclic amines) is 1. The summed E-state index contributed by atoms with van der Waals surface area (Å²) < 4.78 is 7.20. The summed E-state index contributed by atoms with van der Waals surface area (Å²) in [6, 6.07) is 0. The largest absolute Gasteiger partial charge is 0.481 e. The summed E-state index contributed by atoms with van der Waals surface area (Å²) in [4.78, 5) is 26.2. The summed E-state index contributed by atoms with van der Waals surface area (Å²) in [5.74, 6) is -0.956. The predicted octanol–water partition coefficient (Wildman–Crippen LogP) is 0.529. The highest BCUT2D eigenvalue weighted by Gasteiger charge is 2.54. The number of aryl methyl sites for hydroxylation is 2. The van der Waals surface area contributed by atoms with E-state index in [0.29, 0.717) is 26.2 Å². The Bertz CT molecular complexity index is 654. The van der Waals surface area contributed by atoms with Gasteiger partial charge in [-0.15, -0.1) is 0 Å². The number of nitrogens with zero attached hydrogens (tertiary/aromatic N) is 3. The number of carbonyl (C=O) groups excluding carboxylic acids is 1. The first-order valence-corrected chi connectivity index (χ1v) is 7.93.